The van der Waals surface area contributed by atoms with Crippen LogP contribution in [0.15, 0.2) is 35.7 Å². The van der Waals surface area contributed by atoms with Gasteiger partial charge in [0.05, 0.1) is 13.2 Å². The van der Waals surface area contributed by atoms with Crippen molar-refractivity contribution in [1.82, 2.24) is 5.32 Å². The van der Waals surface area contributed by atoms with Crippen LogP contribution in [0.4, 0.5) is 0 Å². The predicted molar refractivity (Wildman–Crippen MR) is 82.2 cm³/mol. The molecular weight excluding hydrogens is 254 g/mol. The number of nitrogens with one attached hydrogen (secondary N) is 1. The van der Waals surface area contributed by atoms with Gasteiger partial charge in [0.2, 0.25) is 0 Å². The molecule has 1 unspecified atom stereocenters. The van der Waals surface area contributed by atoms with Crippen molar-refractivity contribution in [3.8, 4) is 5.75 Å². The first-order valence-electron chi connectivity index (χ1n) is 6.67. The van der Waals surface area contributed by atoms with E-state index in [0.29, 0.717) is 0 Å². The van der Waals surface area contributed by atoms with E-state index in [9.17, 15) is 0 Å². The number of thiophene rings is 1. The molecule has 0 saturated heterocycles. The minimum Gasteiger partial charge on any atom is -0.497 e. The standard InChI is InChI=1S/C16H21NOS/c1-4-9-17-16(15-8-10-19-12(15)2)13-6-5-7-14(11-13)18-3/h5-8,10-11,16-17H,4,9H2,1-3H3. The fraction of sp³-hybridized carbons (Fsp3) is 0.375. The van der Waals surface area contributed by atoms with Gasteiger partial charge in [-0.2, -0.15) is 0 Å². The summed E-state index contributed by atoms with van der Waals surface area (Å²) in [7, 11) is 1.71. The molecule has 2 rings (SSSR count). The van der Waals surface area contributed by atoms with Crippen molar-refractivity contribution < 1.29 is 4.74 Å². The van der Waals surface area contributed by atoms with Crippen LogP contribution in [0.5, 0.6) is 5.75 Å². The van der Waals surface area contributed by atoms with Gasteiger partial charge in [-0.25, -0.2) is 0 Å². The third-order valence-corrected chi connectivity index (χ3v) is 4.10. The molecule has 102 valence electrons. The zero-order valence-corrected chi connectivity index (χ0v) is 12.6. The Morgan fingerprint density at radius 3 is 2.79 bits per heavy atom. The van der Waals surface area contributed by atoms with Crippen molar-refractivity contribution in [3.05, 3.63) is 51.7 Å². The molecular formula is C16H21NOS. The van der Waals surface area contributed by atoms with Crippen LogP contribution < -0.4 is 10.1 Å². The maximum atomic E-state index is 5.33. The molecule has 0 aliphatic carbocycles. The number of hydrogen-bond donors (Lipinski definition) is 1. The van der Waals surface area contributed by atoms with Crippen molar-refractivity contribution in [2.75, 3.05) is 13.7 Å². The topological polar surface area (TPSA) is 21.3 Å². The highest BCUT2D eigenvalue weighted by Crippen LogP contribution is 2.29. The molecule has 0 radical (unpaired) electrons. The van der Waals surface area contributed by atoms with Crippen molar-refractivity contribution in [2.45, 2.75) is 26.3 Å². The van der Waals surface area contributed by atoms with Crippen molar-refractivity contribution in [3.63, 3.8) is 0 Å². The first kappa shape index (κ1) is 14.1. The van der Waals surface area contributed by atoms with E-state index in [-0.39, 0.29) is 6.04 Å². The van der Waals surface area contributed by atoms with E-state index in [2.05, 4.69) is 48.8 Å². The molecule has 2 nitrogen and oxygen atoms in total. The molecule has 0 amide bonds. The molecule has 0 aliphatic rings. The van der Waals surface area contributed by atoms with Crippen molar-refractivity contribution in [1.29, 1.82) is 0 Å². The van der Waals surface area contributed by atoms with Gasteiger partial charge < -0.3 is 10.1 Å². The van der Waals surface area contributed by atoms with Crippen LogP contribution in [0.3, 0.4) is 0 Å². The van der Waals surface area contributed by atoms with Gasteiger partial charge in [-0.3, -0.25) is 0 Å². The lowest BCUT2D eigenvalue weighted by Gasteiger charge is -2.20. The third kappa shape index (κ3) is 3.37. The van der Waals surface area contributed by atoms with Crippen LogP contribution in [-0.4, -0.2) is 13.7 Å². The highest BCUT2D eigenvalue weighted by Gasteiger charge is 2.16. The maximum Gasteiger partial charge on any atom is 0.119 e. The van der Waals surface area contributed by atoms with Gasteiger partial charge in [0, 0.05) is 4.88 Å². The average molecular weight is 275 g/mol. The Morgan fingerprint density at radius 2 is 2.16 bits per heavy atom. The quantitative estimate of drug-likeness (QED) is 0.855. The van der Waals surface area contributed by atoms with E-state index in [0.717, 1.165) is 18.7 Å². The smallest absolute Gasteiger partial charge is 0.119 e. The summed E-state index contributed by atoms with van der Waals surface area (Å²) >= 11 is 1.80. The SMILES string of the molecule is CCCNC(c1cccc(OC)c1)c1ccsc1C. The minimum atomic E-state index is 0.251. The van der Waals surface area contributed by atoms with E-state index < -0.39 is 0 Å². The third-order valence-electron chi connectivity index (χ3n) is 3.24. The molecule has 0 aliphatic heterocycles. The van der Waals surface area contributed by atoms with E-state index in [1.54, 1.807) is 18.4 Å². The second-order valence-corrected chi connectivity index (χ2v) is 5.72. The Morgan fingerprint density at radius 1 is 1.32 bits per heavy atom. The van der Waals surface area contributed by atoms with Gasteiger partial charge in [0.15, 0.2) is 0 Å². The minimum absolute atomic E-state index is 0.251. The summed E-state index contributed by atoms with van der Waals surface area (Å²) < 4.78 is 5.33. The summed E-state index contributed by atoms with van der Waals surface area (Å²) in [4.78, 5) is 1.37. The molecule has 0 bridgehead atoms. The normalized spacial score (nSPS) is 12.4. The lowest BCUT2D eigenvalue weighted by molar-refractivity contribution is 0.413. The maximum absolute atomic E-state index is 5.33. The van der Waals surface area contributed by atoms with E-state index in [1.807, 2.05) is 6.07 Å². The van der Waals surface area contributed by atoms with Gasteiger partial charge in [0.25, 0.3) is 0 Å². The molecule has 0 spiro atoms. The number of benzene rings is 1. The molecule has 2 aromatic rings. The van der Waals surface area contributed by atoms with Crippen molar-refractivity contribution in [2.24, 2.45) is 0 Å². The number of methoxy groups -OCH3 is 1. The van der Waals surface area contributed by atoms with Crippen molar-refractivity contribution >= 4 is 11.3 Å². The molecule has 0 fully saturated rings. The first-order chi connectivity index (χ1) is 9.26. The molecule has 1 aromatic heterocycles. The fourth-order valence-corrected chi connectivity index (χ4v) is 2.95. The monoisotopic (exact) mass is 275 g/mol. The first-order valence-corrected chi connectivity index (χ1v) is 7.55. The number of rotatable bonds is 6. The van der Waals surface area contributed by atoms with Crippen LogP contribution in [0.2, 0.25) is 0 Å². The Balaban J connectivity index is 2.34. The summed E-state index contributed by atoms with van der Waals surface area (Å²) in [5.74, 6) is 0.911. The van der Waals surface area contributed by atoms with E-state index in [1.165, 1.54) is 16.0 Å². The molecule has 19 heavy (non-hydrogen) atoms. The predicted octanol–water partition coefficient (Wildman–Crippen LogP) is 4.15. The summed E-state index contributed by atoms with van der Waals surface area (Å²) in [6, 6.07) is 10.8. The molecule has 1 atom stereocenters. The zero-order valence-electron chi connectivity index (χ0n) is 11.8. The highest BCUT2D eigenvalue weighted by atomic mass is 32.1. The number of aryl methyl sites for hydroxylation is 1. The summed E-state index contributed by atoms with van der Waals surface area (Å²) in [5, 5.41) is 5.79. The lowest BCUT2D eigenvalue weighted by Crippen LogP contribution is -2.23. The summed E-state index contributed by atoms with van der Waals surface area (Å²) in [5.41, 5.74) is 2.63. The average Bonchev–Trinajstić information content (AvgIpc) is 2.86. The highest BCUT2D eigenvalue weighted by molar-refractivity contribution is 7.10. The molecule has 0 saturated carbocycles. The summed E-state index contributed by atoms with van der Waals surface area (Å²) in [6.07, 6.45) is 1.13. The van der Waals surface area contributed by atoms with Gasteiger partial charge in [0.1, 0.15) is 5.75 Å². The Bertz CT molecular complexity index is 521. The Hall–Kier alpha value is -1.32. The zero-order chi connectivity index (χ0) is 13.7. The molecule has 3 heteroatoms. The largest absolute Gasteiger partial charge is 0.497 e. The second-order valence-electron chi connectivity index (χ2n) is 4.60. The van der Waals surface area contributed by atoms with Crippen LogP contribution >= 0.6 is 11.3 Å². The number of hydrogen-bond acceptors (Lipinski definition) is 3. The van der Waals surface area contributed by atoms with E-state index >= 15 is 0 Å². The van der Waals surface area contributed by atoms with Crippen LogP contribution in [0.25, 0.3) is 0 Å². The van der Waals surface area contributed by atoms with Gasteiger partial charge >= 0.3 is 0 Å². The second kappa shape index (κ2) is 6.73. The van der Waals surface area contributed by atoms with Crippen LogP contribution in [0.1, 0.15) is 35.4 Å². The Labute approximate surface area is 119 Å². The molecule has 1 heterocycles. The van der Waals surface area contributed by atoms with E-state index in [4.69, 9.17) is 4.74 Å². The fourth-order valence-electron chi connectivity index (χ4n) is 2.21. The van der Waals surface area contributed by atoms with Crippen LogP contribution in [0, 0.1) is 6.92 Å². The lowest BCUT2D eigenvalue weighted by atomic mass is 9.99. The van der Waals surface area contributed by atoms with Gasteiger partial charge in [-0.05, 0) is 54.6 Å². The Kier molecular flexibility index (Phi) is 5.00. The van der Waals surface area contributed by atoms with Gasteiger partial charge in [-0.1, -0.05) is 19.1 Å². The van der Waals surface area contributed by atoms with Gasteiger partial charge in [-0.15, -0.1) is 11.3 Å². The number of ether oxygens (including phenoxy) is 1. The van der Waals surface area contributed by atoms with Crippen LogP contribution in [-0.2, 0) is 0 Å². The summed E-state index contributed by atoms with van der Waals surface area (Å²) in [6.45, 7) is 5.38. The molecule has 1 N–H and O–H groups in total. The molecule has 1 aromatic carbocycles.